The molecule has 0 aliphatic rings. The Morgan fingerprint density at radius 3 is 2.48 bits per heavy atom. The van der Waals surface area contributed by atoms with Crippen LogP contribution < -0.4 is 10.5 Å². The molecule has 2 amide bonds. The molecule has 112 valence electrons. The lowest BCUT2D eigenvalue weighted by Crippen LogP contribution is -2.37. The quantitative estimate of drug-likeness (QED) is 0.815. The van der Waals surface area contributed by atoms with Crippen LogP contribution in [0.15, 0.2) is 24.3 Å². The predicted octanol–water partition coefficient (Wildman–Crippen LogP) is 1.17. The number of nitrogens with two attached hydrogens (primary N) is 1. The Morgan fingerprint density at radius 2 is 2.00 bits per heavy atom. The summed E-state index contributed by atoms with van der Waals surface area (Å²) in [5.74, 6) is -0.430. The zero-order valence-electron chi connectivity index (χ0n) is 12.2. The van der Waals surface area contributed by atoms with Gasteiger partial charge in [-0.1, -0.05) is 0 Å². The van der Waals surface area contributed by atoms with Gasteiger partial charge >= 0.3 is 0 Å². The third-order valence-electron chi connectivity index (χ3n) is 2.95. The molecule has 0 spiro atoms. The summed E-state index contributed by atoms with van der Waals surface area (Å²) < 4.78 is 5.37. The van der Waals surface area contributed by atoms with Gasteiger partial charge in [0.05, 0.1) is 12.0 Å². The molecule has 21 heavy (non-hydrogen) atoms. The van der Waals surface area contributed by atoms with Gasteiger partial charge in [0.2, 0.25) is 5.91 Å². The van der Waals surface area contributed by atoms with Crippen molar-refractivity contribution < 1.29 is 14.3 Å². The average molecular weight is 289 g/mol. The lowest BCUT2D eigenvalue weighted by atomic mass is 10.2. The van der Waals surface area contributed by atoms with E-state index in [1.807, 2.05) is 6.92 Å². The topological polar surface area (TPSA) is 96.4 Å². The second-order valence-electron chi connectivity index (χ2n) is 4.64. The average Bonchev–Trinajstić information content (AvgIpc) is 2.50. The van der Waals surface area contributed by atoms with Gasteiger partial charge in [0, 0.05) is 18.7 Å². The summed E-state index contributed by atoms with van der Waals surface area (Å²) in [5.41, 5.74) is 5.52. The maximum atomic E-state index is 12.0. The number of carbonyl (C=O) groups excluding carboxylic acids is 2. The summed E-state index contributed by atoms with van der Waals surface area (Å²) in [6.07, 6.45) is 0. The Balaban J connectivity index is 2.55. The largest absolute Gasteiger partial charge is 0.484 e. The number of carbonyl (C=O) groups is 2. The minimum absolute atomic E-state index is 0.109. The van der Waals surface area contributed by atoms with E-state index in [1.165, 1.54) is 12.1 Å². The Kier molecular flexibility index (Phi) is 6.21. The van der Waals surface area contributed by atoms with Crippen LogP contribution in [0.25, 0.3) is 0 Å². The van der Waals surface area contributed by atoms with Crippen LogP contribution in [0.4, 0.5) is 0 Å². The van der Waals surface area contributed by atoms with Crippen molar-refractivity contribution in [2.24, 2.45) is 11.7 Å². The first-order chi connectivity index (χ1) is 9.97. The van der Waals surface area contributed by atoms with Gasteiger partial charge < -0.3 is 15.4 Å². The maximum Gasteiger partial charge on any atom is 0.260 e. The predicted molar refractivity (Wildman–Crippen MR) is 77.5 cm³/mol. The van der Waals surface area contributed by atoms with Crippen molar-refractivity contribution in [2.75, 3.05) is 19.7 Å². The van der Waals surface area contributed by atoms with Crippen LogP contribution in [-0.4, -0.2) is 36.4 Å². The molecule has 1 atom stereocenters. The molecule has 0 radical (unpaired) electrons. The van der Waals surface area contributed by atoms with Gasteiger partial charge in [-0.05, 0) is 38.1 Å². The Bertz CT molecular complexity index is 534. The third kappa shape index (κ3) is 5.15. The smallest absolute Gasteiger partial charge is 0.260 e. The summed E-state index contributed by atoms with van der Waals surface area (Å²) >= 11 is 0. The highest BCUT2D eigenvalue weighted by Gasteiger charge is 2.15. The normalized spacial score (nSPS) is 11.3. The summed E-state index contributed by atoms with van der Waals surface area (Å²) in [4.78, 5) is 24.5. The number of benzene rings is 1. The van der Waals surface area contributed by atoms with Crippen LogP contribution in [0.2, 0.25) is 0 Å². The fourth-order valence-corrected chi connectivity index (χ4v) is 1.73. The Hall–Kier alpha value is -2.55. The van der Waals surface area contributed by atoms with Crippen LogP contribution in [-0.2, 0) is 4.79 Å². The number of amides is 2. The van der Waals surface area contributed by atoms with Crippen molar-refractivity contribution >= 4 is 11.8 Å². The number of ether oxygens (including phenoxy) is 1. The molecule has 1 rings (SSSR count). The standard InChI is InChI=1S/C15H19N3O3/c1-3-18(9-11(2)8-16)14(19)10-21-13-6-4-12(5-7-13)15(17)20/h4-7,11H,3,9-10H2,1-2H3,(H2,17,20). The lowest BCUT2D eigenvalue weighted by Gasteiger charge is -2.22. The van der Waals surface area contributed by atoms with Crippen molar-refractivity contribution in [1.29, 1.82) is 5.26 Å². The molecule has 0 aliphatic carbocycles. The highest BCUT2D eigenvalue weighted by Crippen LogP contribution is 2.12. The number of primary amides is 1. The Labute approximate surface area is 124 Å². The summed E-state index contributed by atoms with van der Waals surface area (Å²) in [7, 11) is 0. The van der Waals surface area contributed by atoms with E-state index in [1.54, 1.807) is 24.0 Å². The molecule has 0 saturated heterocycles. The van der Waals surface area contributed by atoms with E-state index in [-0.39, 0.29) is 18.4 Å². The molecule has 1 aromatic rings. The molecule has 0 bridgehead atoms. The van der Waals surface area contributed by atoms with Crippen molar-refractivity contribution in [3.63, 3.8) is 0 Å². The van der Waals surface area contributed by atoms with Crippen molar-refractivity contribution in [3.8, 4) is 11.8 Å². The number of hydrogen-bond donors (Lipinski definition) is 1. The van der Waals surface area contributed by atoms with E-state index in [4.69, 9.17) is 15.7 Å². The highest BCUT2D eigenvalue weighted by atomic mass is 16.5. The number of hydrogen-bond acceptors (Lipinski definition) is 4. The highest BCUT2D eigenvalue weighted by molar-refractivity contribution is 5.92. The molecule has 6 nitrogen and oxygen atoms in total. The molecule has 1 aromatic carbocycles. The number of likely N-dealkylation sites (N-methyl/N-ethyl adjacent to an activating group) is 1. The van der Waals surface area contributed by atoms with Crippen molar-refractivity contribution in [3.05, 3.63) is 29.8 Å². The van der Waals surface area contributed by atoms with Gasteiger partial charge in [-0.15, -0.1) is 0 Å². The van der Waals surface area contributed by atoms with Crippen LogP contribution in [0.5, 0.6) is 5.75 Å². The second kappa shape index (κ2) is 7.90. The summed E-state index contributed by atoms with van der Waals surface area (Å²) in [6, 6.07) is 8.34. The minimum Gasteiger partial charge on any atom is -0.484 e. The Morgan fingerprint density at radius 1 is 1.38 bits per heavy atom. The molecule has 0 aliphatic heterocycles. The number of nitriles is 1. The van der Waals surface area contributed by atoms with Gasteiger partial charge in [-0.3, -0.25) is 9.59 Å². The van der Waals surface area contributed by atoms with E-state index >= 15 is 0 Å². The molecule has 6 heteroatoms. The van der Waals surface area contributed by atoms with E-state index < -0.39 is 5.91 Å². The van der Waals surface area contributed by atoms with Crippen molar-refractivity contribution in [2.45, 2.75) is 13.8 Å². The first kappa shape index (κ1) is 16.5. The minimum atomic E-state index is -0.514. The van der Waals surface area contributed by atoms with Gasteiger partial charge in [0.15, 0.2) is 6.61 Å². The van der Waals surface area contributed by atoms with Crippen LogP contribution in [0.3, 0.4) is 0 Å². The summed E-state index contributed by atoms with van der Waals surface area (Å²) in [5, 5.41) is 8.78. The third-order valence-corrected chi connectivity index (χ3v) is 2.95. The van der Waals surface area contributed by atoms with E-state index in [0.29, 0.717) is 24.4 Å². The van der Waals surface area contributed by atoms with Crippen LogP contribution >= 0.6 is 0 Å². The molecular formula is C15H19N3O3. The maximum absolute atomic E-state index is 12.0. The fraction of sp³-hybridized carbons (Fsp3) is 0.400. The van der Waals surface area contributed by atoms with E-state index in [2.05, 4.69) is 6.07 Å². The van der Waals surface area contributed by atoms with Crippen LogP contribution in [0, 0.1) is 17.2 Å². The SMILES string of the molecule is CCN(CC(C)C#N)C(=O)COc1ccc(C(N)=O)cc1. The second-order valence-corrected chi connectivity index (χ2v) is 4.64. The molecule has 0 fully saturated rings. The first-order valence-electron chi connectivity index (χ1n) is 6.68. The van der Waals surface area contributed by atoms with Gasteiger partial charge in [-0.2, -0.15) is 5.26 Å². The van der Waals surface area contributed by atoms with Crippen LogP contribution in [0.1, 0.15) is 24.2 Å². The number of nitrogens with zero attached hydrogens (tertiary/aromatic N) is 2. The molecule has 2 N–H and O–H groups in total. The fourth-order valence-electron chi connectivity index (χ4n) is 1.73. The lowest BCUT2D eigenvalue weighted by molar-refractivity contribution is -0.133. The molecule has 1 unspecified atom stereocenters. The molecule has 0 aromatic heterocycles. The first-order valence-corrected chi connectivity index (χ1v) is 6.68. The zero-order chi connectivity index (χ0) is 15.8. The molecule has 0 heterocycles. The zero-order valence-corrected chi connectivity index (χ0v) is 12.2. The molecular weight excluding hydrogens is 270 g/mol. The van der Waals surface area contributed by atoms with E-state index in [0.717, 1.165) is 0 Å². The summed E-state index contributed by atoms with van der Waals surface area (Å²) in [6.45, 7) is 4.41. The van der Waals surface area contributed by atoms with Gasteiger partial charge in [-0.25, -0.2) is 0 Å². The van der Waals surface area contributed by atoms with Crippen molar-refractivity contribution in [1.82, 2.24) is 4.90 Å². The van der Waals surface area contributed by atoms with Gasteiger partial charge in [0.1, 0.15) is 5.75 Å². The van der Waals surface area contributed by atoms with E-state index in [9.17, 15) is 9.59 Å². The number of rotatable bonds is 7. The molecule has 0 saturated carbocycles. The monoisotopic (exact) mass is 289 g/mol. The van der Waals surface area contributed by atoms with Gasteiger partial charge in [0.25, 0.3) is 5.91 Å².